The topological polar surface area (TPSA) is 42.1 Å². The Morgan fingerprint density at radius 3 is 2.69 bits per heavy atom. The van der Waals surface area contributed by atoms with E-state index in [0.717, 1.165) is 6.07 Å². The van der Waals surface area contributed by atoms with Crippen molar-refractivity contribution in [1.82, 2.24) is 4.98 Å². The highest BCUT2D eigenvalue weighted by Gasteiger charge is 2.15. The molecule has 0 aliphatic rings. The van der Waals surface area contributed by atoms with E-state index in [0.29, 0.717) is 0 Å². The van der Waals surface area contributed by atoms with Crippen LogP contribution in [0.25, 0.3) is 0 Å². The number of halogens is 3. The van der Waals surface area contributed by atoms with Crippen LogP contribution in [0.3, 0.4) is 0 Å². The van der Waals surface area contributed by atoms with Crippen molar-refractivity contribution in [1.29, 1.82) is 0 Å². The van der Waals surface area contributed by atoms with Gasteiger partial charge >= 0.3 is 0 Å². The molecule has 0 saturated heterocycles. The SMILES string of the molecule is COc1cc(C(F)F)c(=O)[nH]c1Cl. The third-order valence-electron chi connectivity index (χ3n) is 1.44. The van der Waals surface area contributed by atoms with Gasteiger partial charge in [-0.05, 0) is 6.07 Å². The monoisotopic (exact) mass is 209 g/mol. The third-order valence-corrected chi connectivity index (χ3v) is 1.72. The van der Waals surface area contributed by atoms with Crippen LogP contribution in [0.2, 0.25) is 5.15 Å². The lowest BCUT2D eigenvalue weighted by Crippen LogP contribution is -2.13. The summed E-state index contributed by atoms with van der Waals surface area (Å²) in [5.74, 6) is 0.0246. The molecule has 13 heavy (non-hydrogen) atoms. The van der Waals surface area contributed by atoms with Crippen molar-refractivity contribution in [2.24, 2.45) is 0 Å². The summed E-state index contributed by atoms with van der Waals surface area (Å²) >= 11 is 5.48. The Balaban J connectivity index is 3.31. The number of H-pyrrole nitrogens is 1. The molecular formula is C7H6ClF2NO2. The van der Waals surface area contributed by atoms with Crippen LogP contribution in [-0.4, -0.2) is 12.1 Å². The Hall–Kier alpha value is -1.10. The Kier molecular flexibility index (Phi) is 2.87. The number of nitrogens with one attached hydrogen (secondary N) is 1. The zero-order chi connectivity index (χ0) is 10.0. The first kappa shape index (κ1) is 9.98. The second kappa shape index (κ2) is 3.74. The Morgan fingerprint density at radius 1 is 1.62 bits per heavy atom. The summed E-state index contributed by atoms with van der Waals surface area (Å²) in [4.78, 5) is 12.9. The van der Waals surface area contributed by atoms with Crippen LogP contribution in [0, 0.1) is 0 Å². The van der Waals surface area contributed by atoms with Gasteiger partial charge in [-0.25, -0.2) is 8.78 Å². The first-order valence-electron chi connectivity index (χ1n) is 3.31. The molecule has 0 unspecified atom stereocenters. The van der Waals surface area contributed by atoms with E-state index in [2.05, 4.69) is 4.74 Å². The van der Waals surface area contributed by atoms with Crippen molar-refractivity contribution in [3.05, 3.63) is 27.1 Å². The number of aromatic nitrogens is 1. The molecule has 0 spiro atoms. The van der Waals surface area contributed by atoms with Crippen LogP contribution in [0.1, 0.15) is 12.0 Å². The fourth-order valence-electron chi connectivity index (χ4n) is 0.814. The van der Waals surface area contributed by atoms with E-state index in [1.54, 1.807) is 0 Å². The zero-order valence-corrected chi connectivity index (χ0v) is 7.36. The van der Waals surface area contributed by atoms with Gasteiger partial charge in [0.1, 0.15) is 0 Å². The number of rotatable bonds is 2. The molecule has 3 nitrogen and oxygen atoms in total. The molecule has 1 aromatic rings. The Morgan fingerprint density at radius 2 is 2.23 bits per heavy atom. The van der Waals surface area contributed by atoms with Gasteiger partial charge in [0.15, 0.2) is 10.9 Å². The average molecular weight is 210 g/mol. The number of aromatic amines is 1. The number of ether oxygens (including phenoxy) is 1. The van der Waals surface area contributed by atoms with Gasteiger partial charge < -0.3 is 9.72 Å². The van der Waals surface area contributed by atoms with Crippen LogP contribution < -0.4 is 10.3 Å². The Labute approximate surface area is 77.3 Å². The summed E-state index contributed by atoms with van der Waals surface area (Å²) < 4.78 is 29.0. The zero-order valence-electron chi connectivity index (χ0n) is 6.61. The molecule has 6 heteroatoms. The van der Waals surface area contributed by atoms with Crippen molar-refractivity contribution in [3.8, 4) is 5.75 Å². The molecule has 0 aromatic carbocycles. The molecule has 1 heterocycles. The molecule has 0 aliphatic heterocycles. The largest absolute Gasteiger partial charge is 0.494 e. The second-order valence-electron chi connectivity index (χ2n) is 2.24. The smallest absolute Gasteiger partial charge is 0.269 e. The van der Waals surface area contributed by atoms with Crippen molar-refractivity contribution in [2.45, 2.75) is 6.43 Å². The summed E-state index contributed by atoms with van der Waals surface area (Å²) in [5.41, 5.74) is -1.55. The predicted molar refractivity (Wildman–Crippen MR) is 43.6 cm³/mol. The lowest BCUT2D eigenvalue weighted by molar-refractivity contribution is 0.149. The van der Waals surface area contributed by atoms with Crippen LogP contribution in [-0.2, 0) is 0 Å². The van der Waals surface area contributed by atoms with Crippen LogP contribution in [0.5, 0.6) is 5.75 Å². The molecule has 0 fully saturated rings. The number of alkyl halides is 2. The van der Waals surface area contributed by atoms with E-state index in [1.807, 2.05) is 4.98 Å². The minimum Gasteiger partial charge on any atom is -0.494 e. The van der Waals surface area contributed by atoms with E-state index >= 15 is 0 Å². The summed E-state index contributed by atoms with van der Waals surface area (Å²) in [5, 5.41) is -0.0862. The molecule has 0 saturated carbocycles. The number of hydrogen-bond donors (Lipinski definition) is 1. The highest BCUT2D eigenvalue weighted by atomic mass is 35.5. The standard InChI is InChI=1S/C7H6ClF2NO2/c1-13-4-2-3(6(9)10)7(12)11-5(4)8/h2,6H,1H3,(H,11,12). The maximum atomic E-state index is 12.2. The molecule has 0 amide bonds. The summed E-state index contributed by atoms with van der Waals surface area (Å²) in [7, 11) is 1.27. The number of hydrogen-bond acceptors (Lipinski definition) is 2. The molecular weight excluding hydrogens is 204 g/mol. The minimum absolute atomic E-state index is 0.0246. The van der Waals surface area contributed by atoms with E-state index in [4.69, 9.17) is 11.6 Å². The number of methoxy groups -OCH3 is 1. The molecule has 72 valence electrons. The average Bonchev–Trinajstić information content (AvgIpc) is 2.03. The molecule has 1 N–H and O–H groups in total. The van der Waals surface area contributed by atoms with Gasteiger partial charge in [-0.3, -0.25) is 4.79 Å². The lowest BCUT2D eigenvalue weighted by atomic mass is 10.3. The van der Waals surface area contributed by atoms with Crippen LogP contribution in [0.15, 0.2) is 10.9 Å². The minimum atomic E-state index is -2.84. The van der Waals surface area contributed by atoms with Crippen LogP contribution >= 0.6 is 11.6 Å². The normalized spacial score (nSPS) is 10.5. The quantitative estimate of drug-likeness (QED) is 0.757. The highest BCUT2D eigenvalue weighted by molar-refractivity contribution is 6.30. The molecule has 1 rings (SSSR count). The first-order valence-corrected chi connectivity index (χ1v) is 3.69. The predicted octanol–water partition coefficient (Wildman–Crippen LogP) is 1.97. The van der Waals surface area contributed by atoms with Crippen molar-refractivity contribution in [3.63, 3.8) is 0 Å². The van der Waals surface area contributed by atoms with Gasteiger partial charge in [0.05, 0.1) is 12.7 Å². The van der Waals surface area contributed by atoms with Gasteiger partial charge in [-0.2, -0.15) is 0 Å². The third kappa shape index (κ3) is 1.98. The Bertz CT molecular complexity index is 364. The van der Waals surface area contributed by atoms with E-state index in [-0.39, 0.29) is 10.9 Å². The fourth-order valence-corrected chi connectivity index (χ4v) is 1.03. The summed E-state index contributed by atoms with van der Waals surface area (Å²) in [6.07, 6.45) is -2.84. The van der Waals surface area contributed by atoms with Gasteiger partial charge in [-0.1, -0.05) is 11.6 Å². The highest BCUT2D eigenvalue weighted by Crippen LogP contribution is 2.24. The van der Waals surface area contributed by atoms with Crippen molar-refractivity contribution in [2.75, 3.05) is 7.11 Å². The van der Waals surface area contributed by atoms with Gasteiger partial charge in [-0.15, -0.1) is 0 Å². The van der Waals surface area contributed by atoms with E-state index in [9.17, 15) is 13.6 Å². The maximum absolute atomic E-state index is 12.2. The lowest BCUT2D eigenvalue weighted by Gasteiger charge is -2.04. The van der Waals surface area contributed by atoms with Gasteiger partial charge in [0.2, 0.25) is 0 Å². The molecule has 0 radical (unpaired) electrons. The molecule has 1 aromatic heterocycles. The van der Waals surface area contributed by atoms with E-state index in [1.165, 1.54) is 7.11 Å². The second-order valence-corrected chi connectivity index (χ2v) is 2.61. The first-order chi connectivity index (χ1) is 6.06. The summed E-state index contributed by atoms with van der Waals surface area (Å²) in [6, 6.07) is 0.922. The van der Waals surface area contributed by atoms with Crippen molar-refractivity contribution < 1.29 is 13.5 Å². The van der Waals surface area contributed by atoms with Crippen molar-refractivity contribution >= 4 is 11.6 Å². The van der Waals surface area contributed by atoms with Crippen LogP contribution in [0.4, 0.5) is 8.78 Å². The fraction of sp³-hybridized carbons (Fsp3) is 0.286. The van der Waals surface area contributed by atoms with Gasteiger partial charge in [0, 0.05) is 0 Å². The summed E-state index contributed by atoms with van der Waals surface area (Å²) in [6.45, 7) is 0. The number of pyridine rings is 1. The molecule has 0 aliphatic carbocycles. The van der Waals surface area contributed by atoms with Gasteiger partial charge in [0.25, 0.3) is 12.0 Å². The molecule has 0 bridgehead atoms. The maximum Gasteiger partial charge on any atom is 0.269 e. The van der Waals surface area contributed by atoms with E-state index < -0.39 is 17.5 Å². The molecule has 0 atom stereocenters.